The Labute approximate surface area is 192 Å². The Balaban J connectivity index is 1.28. The second-order valence-electron chi connectivity index (χ2n) is 8.28. The van der Waals surface area contributed by atoms with Crippen molar-refractivity contribution in [2.75, 3.05) is 12.2 Å². The molecule has 176 valence electrons. The van der Waals surface area contributed by atoms with Crippen molar-refractivity contribution in [3.63, 3.8) is 0 Å². The maximum Gasteiger partial charge on any atom is 0.406 e. The highest BCUT2D eigenvalue weighted by Crippen LogP contribution is 2.48. The molecule has 11 heteroatoms. The summed E-state index contributed by atoms with van der Waals surface area (Å²) in [5, 5.41) is 25.5. The molecule has 0 radical (unpaired) electrons. The van der Waals surface area contributed by atoms with Crippen LogP contribution in [0.1, 0.15) is 41.7 Å². The number of hydrogen-bond donors (Lipinski definition) is 2. The van der Waals surface area contributed by atoms with Gasteiger partial charge in [0.15, 0.2) is 6.20 Å². The summed E-state index contributed by atoms with van der Waals surface area (Å²) in [6.07, 6.45) is 2.86. The highest BCUT2D eigenvalue weighted by atomic mass is 19.1. The van der Waals surface area contributed by atoms with Crippen molar-refractivity contribution in [2.45, 2.75) is 36.9 Å². The zero-order valence-corrected chi connectivity index (χ0v) is 17.8. The lowest BCUT2D eigenvalue weighted by atomic mass is 9.73. The van der Waals surface area contributed by atoms with Crippen LogP contribution in [0.3, 0.4) is 0 Å². The van der Waals surface area contributed by atoms with Crippen LogP contribution in [0.5, 0.6) is 5.75 Å². The van der Waals surface area contributed by atoms with E-state index in [9.17, 15) is 24.3 Å². The number of carbonyl (C=O) groups excluding carboxylic acids is 2. The van der Waals surface area contributed by atoms with Gasteiger partial charge in [-0.3, -0.25) is 10.1 Å². The molecule has 0 saturated heterocycles. The van der Waals surface area contributed by atoms with Crippen LogP contribution in [-0.4, -0.2) is 34.4 Å². The molecule has 1 aliphatic carbocycles. The fraction of sp³-hybridized carbons (Fsp3) is 0.304. The smallest absolute Gasteiger partial charge is 0.406 e. The van der Waals surface area contributed by atoms with E-state index >= 15 is 0 Å². The van der Waals surface area contributed by atoms with Crippen molar-refractivity contribution < 1.29 is 37.7 Å². The van der Waals surface area contributed by atoms with Crippen molar-refractivity contribution in [2.24, 2.45) is 0 Å². The number of aromatic nitrogens is 2. The standard InChI is InChI=1S/C23H20FN3O7/c24-13-33-15-4-1-3-14(11-15)17-12-32-21(25-17)26-20(29)22(30)6-8-23(9-7-22)16-5-2-10-27(31)18(16)19(28)34-23/h1-5,10-12,30H,6-9,13H2,(H,25,26,29). The van der Waals surface area contributed by atoms with Crippen molar-refractivity contribution in [3.8, 4) is 17.0 Å². The molecule has 1 aromatic carbocycles. The summed E-state index contributed by atoms with van der Waals surface area (Å²) in [5.74, 6) is -1.11. The second-order valence-corrected chi connectivity index (χ2v) is 8.28. The van der Waals surface area contributed by atoms with E-state index in [0.717, 1.165) is 0 Å². The average Bonchev–Trinajstić information content (AvgIpc) is 3.40. The normalized spacial score (nSPS) is 23.4. The van der Waals surface area contributed by atoms with Crippen LogP contribution >= 0.6 is 0 Å². The Morgan fingerprint density at radius 1 is 1.26 bits per heavy atom. The fourth-order valence-corrected chi connectivity index (χ4v) is 4.49. The monoisotopic (exact) mass is 469 g/mol. The molecule has 34 heavy (non-hydrogen) atoms. The summed E-state index contributed by atoms with van der Waals surface area (Å²) < 4.78 is 28.6. The molecule has 0 atom stereocenters. The minimum Gasteiger partial charge on any atom is -0.618 e. The molecular formula is C23H20FN3O7. The number of benzene rings is 1. The minimum absolute atomic E-state index is 0.00448. The summed E-state index contributed by atoms with van der Waals surface area (Å²) in [6.45, 7) is -0.967. The molecule has 3 heterocycles. The fourth-order valence-electron chi connectivity index (χ4n) is 4.49. The molecule has 2 N–H and O–H groups in total. The highest BCUT2D eigenvalue weighted by Gasteiger charge is 2.55. The Kier molecular flexibility index (Phi) is 5.20. The predicted octanol–water partition coefficient (Wildman–Crippen LogP) is 2.59. The Bertz CT molecular complexity index is 1270. The van der Waals surface area contributed by atoms with Gasteiger partial charge in [0.1, 0.15) is 28.9 Å². The number of oxazole rings is 1. The van der Waals surface area contributed by atoms with E-state index < -0.39 is 29.9 Å². The van der Waals surface area contributed by atoms with Crippen LogP contribution < -0.4 is 14.8 Å². The first-order valence-corrected chi connectivity index (χ1v) is 10.6. The molecule has 2 aliphatic rings. The SMILES string of the molecule is O=C1OC2(CCC(O)(C(=O)Nc3nc(-c4cccc(OCF)c4)co3)CC2)c2ccc[n+]([O-])c21. The quantitative estimate of drug-likeness (QED) is 0.330. The maximum absolute atomic E-state index is 12.9. The molecule has 3 aromatic rings. The third kappa shape index (κ3) is 3.63. The topological polar surface area (TPSA) is 138 Å². The molecule has 2 aromatic heterocycles. The van der Waals surface area contributed by atoms with Crippen LogP contribution in [0, 0.1) is 5.21 Å². The average molecular weight is 469 g/mol. The molecule has 1 fully saturated rings. The van der Waals surface area contributed by atoms with Gasteiger partial charge in [0.05, 0.1) is 5.56 Å². The summed E-state index contributed by atoms with van der Waals surface area (Å²) in [7, 11) is 0. The number of nitrogens with zero attached hydrogens (tertiary/aromatic N) is 2. The molecule has 1 spiro atoms. The van der Waals surface area contributed by atoms with Gasteiger partial charge in [-0.25, -0.2) is 9.18 Å². The van der Waals surface area contributed by atoms with E-state index in [1.165, 1.54) is 18.5 Å². The summed E-state index contributed by atoms with van der Waals surface area (Å²) in [4.78, 5) is 29.3. The molecular weight excluding hydrogens is 449 g/mol. The highest BCUT2D eigenvalue weighted by molar-refractivity contribution is 5.96. The molecule has 5 rings (SSSR count). The van der Waals surface area contributed by atoms with Gasteiger partial charge in [-0.1, -0.05) is 12.1 Å². The van der Waals surface area contributed by atoms with E-state index in [1.54, 1.807) is 30.3 Å². The zero-order valence-electron chi connectivity index (χ0n) is 17.8. The maximum atomic E-state index is 12.9. The van der Waals surface area contributed by atoms with Crippen LogP contribution in [0.2, 0.25) is 0 Å². The first kappa shape index (κ1) is 21.8. The van der Waals surface area contributed by atoms with E-state index in [0.29, 0.717) is 27.3 Å². The number of pyridine rings is 1. The van der Waals surface area contributed by atoms with Crippen molar-refractivity contribution in [1.82, 2.24) is 4.98 Å². The van der Waals surface area contributed by atoms with Gasteiger partial charge in [0.2, 0.25) is 6.86 Å². The van der Waals surface area contributed by atoms with E-state index in [4.69, 9.17) is 13.9 Å². The number of hydrogen-bond acceptors (Lipinski definition) is 8. The number of anilines is 1. The van der Waals surface area contributed by atoms with E-state index in [1.807, 2.05) is 0 Å². The number of carbonyl (C=O) groups is 2. The van der Waals surface area contributed by atoms with Crippen molar-refractivity contribution in [3.05, 3.63) is 65.3 Å². The molecule has 10 nitrogen and oxygen atoms in total. The minimum atomic E-state index is -1.74. The molecule has 0 bridgehead atoms. The molecule has 1 amide bonds. The van der Waals surface area contributed by atoms with Crippen LogP contribution in [0.25, 0.3) is 11.3 Å². The third-order valence-corrected chi connectivity index (χ3v) is 6.32. The number of amides is 1. The van der Waals surface area contributed by atoms with Gasteiger partial charge in [-0.15, -0.1) is 0 Å². The van der Waals surface area contributed by atoms with E-state index in [-0.39, 0.29) is 37.4 Å². The Morgan fingerprint density at radius 2 is 2.06 bits per heavy atom. The number of esters is 1. The van der Waals surface area contributed by atoms with Gasteiger partial charge >= 0.3 is 17.7 Å². The predicted molar refractivity (Wildman–Crippen MR) is 113 cm³/mol. The van der Waals surface area contributed by atoms with E-state index in [2.05, 4.69) is 10.3 Å². The number of rotatable bonds is 5. The van der Waals surface area contributed by atoms with Crippen LogP contribution in [-0.2, 0) is 15.1 Å². The second kappa shape index (κ2) is 8.10. The lowest BCUT2D eigenvalue weighted by Gasteiger charge is -2.39. The van der Waals surface area contributed by atoms with Gasteiger partial charge < -0.3 is 24.2 Å². The van der Waals surface area contributed by atoms with Gasteiger partial charge in [0, 0.05) is 11.6 Å². The van der Waals surface area contributed by atoms with Gasteiger partial charge in [0.25, 0.3) is 5.91 Å². The number of alkyl halides is 1. The number of fused-ring (bicyclic) bond motifs is 2. The number of nitrogens with one attached hydrogen (secondary N) is 1. The van der Waals surface area contributed by atoms with Gasteiger partial charge in [-0.2, -0.15) is 9.71 Å². The van der Waals surface area contributed by atoms with Crippen LogP contribution in [0.15, 0.2) is 53.3 Å². The van der Waals surface area contributed by atoms with Crippen molar-refractivity contribution in [1.29, 1.82) is 0 Å². The van der Waals surface area contributed by atoms with Crippen LogP contribution in [0.4, 0.5) is 10.4 Å². The summed E-state index contributed by atoms with van der Waals surface area (Å²) >= 11 is 0. The zero-order chi connectivity index (χ0) is 23.9. The van der Waals surface area contributed by atoms with Gasteiger partial charge in [-0.05, 0) is 43.9 Å². The third-order valence-electron chi connectivity index (χ3n) is 6.32. The molecule has 1 aliphatic heterocycles. The number of ether oxygens (including phenoxy) is 2. The lowest BCUT2D eigenvalue weighted by molar-refractivity contribution is -0.608. The number of aliphatic hydroxyl groups is 1. The number of halogens is 1. The molecule has 1 saturated carbocycles. The first-order chi connectivity index (χ1) is 16.3. The summed E-state index contributed by atoms with van der Waals surface area (Å²) in [6, 6.07) is 9.61. The largest absolute Gasteiger partial charge is 0.618 e. The molecule has 0 unspecified atom stereocenters. The Hall–Kier alpha value is -3.99. The first-order valence-electron chi connectivity index (χ1n) is 10.6. The lowest BCUT2D eigenvalue weighted by Crippen LogP contribution is -2.49. The van der Waals surface area contributed by atoms with Crippen molar-refractivity contribution >= 4 is 17.9 Å². The Morgan fingerprint density at radius 3 is 2.82 bits per heavy atom. The summed E-state index contributed by atoms with van der Waals surface area (Å²) in [5.41, 5.74) is -1.42.